The van der Waals surface area contributed by atoms with Gasteiger partial charge in [-0.2, -0.15) is 0 Å². The van der Waals surface area contributed by atoms with E-state index in [0.29, 0.717) is 5.70 Å². The fourth-order valence-electron chi connectivity index (χ4n) is 1.48. The third-order valence-corrected chi connectivity index (χ3v) is 2.16. The molecule has 0 bridgehead atoms. The molecule has 0 aliphatic heterocycles. The first kappa shape index (κ1) is 9.96. The SMILES string of the molecule is OC1(O)C=C(Nc2ccccc2)C=CC1. The molecular formula is C12H13NO2. The number of allylic oxidation sites excluding steroid dienone is 1. The Hall–Kier alpha value is -1.58. The van der Waals surface area contributed by atoms with E-state index < -0.39 is 5.79 Å². The lowest BCUT2D eigenvalue weighted by atomic mass is 10.1. The van der Waals surface area contributed by atoms with Crippen molar-refractivity contribution < 1.29 is 10.2 Å². The summed E-state index contributed by atoms with van der Waals surface area (Å²) in [5, 5.41) is 21.9. The number of hydrogen-bond donors (Lipinski definition) is 3. The van der Waals surface area contributed by atoms with Crippen LogP contribution in [0, 0.1) is 0 Å². The van der Waals surface area contributed by atoms with Crippen LogP contribution in [0.2, 0.25) is 0 Å². The standard InChI is InChI=1S/C12H13NO2/c14-12(15)8-4-7-11(9-12)13-10-5-2-1-3-6-10/h1-7,9,13-15H,8H2. The highest BCUT2D eigenvalue weighted by molar-refractivity contribution is 5.51. The van der Waals surface area contributed by atoms with Gasteiger partial charge in [-0.15, -0.1) is 0 Å². The Morgan fingerprint density at radius 3 is 2.53 bits per heavy atom. The van der Waals surface area contributed by atoms with E-state index in [-0.39, 0.29) is 6.42 Å². The third kappa shape index (κ3) is 2.68. The smallest absolute Gasteiger partial charge is 0.188 e. The summed E-state index contributed by atoms with van der Waals surface area (Å²) >= 11 is 0. The highest BCUT2D eigenvalue weighted by Crippen LogP contribution is 2.20. The zero-order chi connectivity index (χ0) is 10.7. The van der Waals surface area contributed by atoms with Crippen LogP contribution in [0.1, 0.15) is 6.42 Å². The molecule has 3 heteroatoms. The molecule has 1 aromatic carbocycles. The minimum absolute atomic E-state index is 0.229. The highest BCUT2D eigenvalue weighted by Gasteiger charge is 2.21. The van der Waals surface area contributed by atoms with Gasteiger partial charge >= 0.3 is 0 Å². The maximum Gasteiger partial charge on any atom is 0.188 e. The Balaban J connectivity index is 2.13. The Morgan fingerprint density at radius 1 is 1.13 bits per heavy atom. The van der Waals surface area contributed by atoms with E-state index in [1.54, 1.807) is 6.08 Å². The molecule has 0 spiro atoms. The second-order valence-corrected chi connectivity index (χ2v) is 3.58. The minimum atomic E-state index is -1.73. The summed E-state index contributed by atoms with van der Waals surface area (Å²) in [6, 6.07) is 9.60. The molecule has 0 amide bonds. The van der Waals surface area contributed by atoms with Crippen molar-refractivity contribution in [2.24, 2.45) is 0 Å². The first-order valence-corrected chi connectivity index (χ1v) is 4.82. The van der Waals surface area contributed by atoms with Crippen molar-refractivity contribution in [3.05, 3.63) is 54.3 Å². The molecule has 0 unspecified atom stereocenters. The van der Waals surface area contributed by atoms with Crippen LogP contribution in [0.3, 0.4) is 0 Å². The number of benzene rings is 1. The van der Waals surface area contributed by atoms with Crippen molar-refractivity contribution in [1.29, 1.82) is 0 Å². The van der Waals surface area contributed by atoms with Crippen LogP contribution in [0.15, 0.2) is 54.3 Å². The van der Waals surface area contributed by atoms with E-state index in [4.69, 9.17) is 0 Å². The largest absolute Gasteiger partial charge is 0.362 e. The number of hydrogen-bond acceptors (Lipinski definition) is 3. The molecule has 78 valence electrons. The van der Waals surface area contributed by atoms with Crippen LogP contribution in [-0.4, -0.2) is 16.0 Å². The second-order valence-electron chi connectivity index (χ2n) is 3.58. The fourth-order valence-corrected chi connectivity index (χ4v) is 1.48. The molecule has 1 aromatic rings. The van der Waals surface area contributed by atoms with E-state index in [1.807, 2.05) is 36.4 Å². The van der Waals surface area contributed by atoms with Gasteiger partial charge in [0.15, 0.2) is 5.79 Å². The lowest BCUT2D eigenvalue weighted by molar-refractivity contribution is -0.115. The molecule has 3 N–H and O–H groups in total. The number of rotatable bonds is 2. The van der Waals surface area contributed by atoms with Crippen LogP contribution in [0.4, 0.5) is 5.69 Å². The Morgan fingerprint density at radius 2 is 1.87 bits per heavy atom. The van der Waals surface area contributed by atoms with Crippen LogP contribution in [0.25, 0.3) is 0 Å². The van der Waals surface area contributed by atoms with Gasteiger partial charge in [-0.1, -0.05) is 24.3 Å². The van der Waals surface area contributed by atoms with Crippen LogP contribution >= 0.6 is 0 Å². The summed E-state index contributed by atoms with van der Waals surface area (Å²) < 4.78 is 0. The van der Waals surface area contributed by atoms with Gasteiger partial charge in [0.1, 0.15) is 0 Å². The zero-order valence-corrected chi connectivity index (χ0v) is 8.22. The van der Waals surface area contributed by atoms with Gasteiger partial charge in [-0.05, 0) is 24.3 Å². The molecule has 0 atom stereocenters. The average molecular weight is 203 g/mol. The van der Waals surface area contributed by atoms with Gasteiger partial charge in [0.25, 0.3) is 0 Å². The minimum Gasteiger partial charge on any atom is -0.362 e. The Kier molecular flexibility index (Phi) is 2.58. The molecule has 0 fully saturated rings. The molecule has 0 aromatic heterocycles. The van der Waals surface area contributed by atoms with Gasteiger partial charge in [0.2, 0.25) is 0 Å². The van der Waals surface area contributed by atoms with Gasteiger partial charge in [-0.25, -0.2) is 0 Å². The van der Waals surface area contributed by atoms with Crippen molar-refractivity contribution in [3.8, 4) is 0 Å². The molecule has 0 saturated heterocycles. The maximum absolute atomic E-state index is 9.41. The normalized spacial score (nSPS) is 18.4. The lowest BCUT2D eigenvalue weighted by Gasteiger charge is -2.21. The van der Waals surface area contributed by atoms with Gasteiger partial charge in [0.05, 0.1) is 0 Å². The number of anilines is 1. The van der Waals surface area contributed by atoms with Gasteiger partial charge in [-0.3, -0.25) is 0 Å². The summed E-state index contributed by atoms with van der Waals surface area (Å²) in [4.78, 5) is 0. The van der Waals surface area contributed by atoms with Crippen LogP contribution in [0.5, 0.6) is 0 Å². The average Bonchev–Trinajstić information content (AvgIpc) is 2.17. The van der Waals surface area contributed by atoms with Crippen molar-refractivity contribution in [2.45, 2.75) is 12.2 Å². The maximum atomic E-state index is 9.41. The van der Waals surface area contributed by atoms with Crippen molar-refractivity contribution >= 4 is 5.69 Å². The van der Waals surface area contributed by atoms with Crippen LogP contribution < -0.4 is 5.32 Å². The molecule has 2 rings (SSSR count). The molecule has 0 heterocycles. The third-order valence-electron chi connectivity index (χ3n) is 2.16. The predicted octanol–water partition coefficient (Wildman–Crippen LogP) is 1.62. The zero-order valence-electron chi connectivity index (χ0n) is 8.22. The molecule has 0 saturated carbocycles. The Bertz CT molecular complexity index is 393. The van der Waals surface area contributed by atoms with Crippen molar-refractivity contribution in [2.75, 3.05) is 5.32 Å². The summed E-state index contributed by atoms with van der Waals surface area (Å²) in [7, 11) is 0. The molecule has 3 nitrogen and oxygen atoms in total. The second kappa shape index (κ2) is 3.88. The summed E-state index contributed by atoms with van der Waals surface area (Å²) in [6.45, 7) is 0. The monoisotopic (exact) mass is 203 g/mol. The Labute approximate surface area is 88.4 Å². The van der Waals surface area contributed by atoms with E-state index >= 15 is 0 Å². The molecule has 1 aliphatic carbocycles. The first-order chi connectivity index (χ1) is 7.16. The molecule has 0 radical (unpaired) electrons. The summed E-state index contributed by atoms with van der Waals surface area (Å²) in [6.07, 6.45) is 5.19. The topological polar surface area (TPSA) is 52.5 Å². The fraction of sp³-hybridized carbons (Fsp3) is 0.167. The quantitative estimate of drug-likeness (QED) is 0.640. The van der Waals surface area contributed by atoms with E-state index in [0.717, 1.165) is 5.69 Å². The molecular weight excluding hydrogens is 190 g/mol. The first-order valence-electron chi connectivity index (χ1n) is 4.82. The van der Waals surface area contributed by atoms with E-state index in [2.05, 4.69) is 5.32 Å². The number of aliphatic hydroxyl groups is 2. The number of para-hydroxylation sites is 1. The van der Waals surface area contributed by atoms with Crippen molar-refractivity contribution in [1.82, 2.24) is 0 Å². The van der Waals surface area contributed by atoms with E-state index in [1.165, 1.54) is 6.08 Å². The number of nitrogens with one attached hydrogen (secondary N) is 1. The van der Waals surface area contributed by atoms with E-state index in [9.17, 15) is 10.2 Å². The summed E-state index contributed by atoms with van der Waals surface area (Å²) in [5.41, 5.74) is 1.61. The van der Waals surface area contributed by atoms with Gasteiger partial charge < -0.3 is 15.5 Å². The molecule has 15 heavy (non-hydrogen) atoms. The lowest BCUT2D eigenvalue weighted by Crippen LogP contribution is -2.27. The summed E-state index contributed by atoms with van der Waals surface area (Å²) in [5.74, 6) is -1.73. The highest BCUT2D eigenvalue weighted by atomic mass is 16.5. The predicted molar refractivity (Wildman–Crippen MR) is 59.1 cm³/mol. The van der Waals surface area contributed by atoms with Crippen molar-refractivity contribution in [3.63, 3.8) is 0 Å². The van der Waals surface area contributed by atoms with Gasteiger partial charge in [0, 0.05) is 17.8 Å². The van der Waals surface area contributed by atoms with Crippen LogP contribution in [-0.2, 0) is 0 Å². The molecule has 1 aliphatic rings.